The van der Waals surface area contributed by atoms with Gasteiger partial charge in [-0.2, -0.15) is 5.10 Å². The predicted molar refractivity (Wildman–Crippen MR) is 102 cm³/mol. The third kappa shape index (κ3) is 3.55. The number of likely N-dealkylation sites (tertiary alicyclic amines) is 1. The fraction of sp³-hybridized carbons (Fsp3) is 0.263. The SMILES string of the molecule is O=C(Nc1ccc(Cl)cc1F)C(=O)N1CCC(c2ccnc3ccnn23)CC1. The van der Waals surface area contributed by atoms with Crippen LogP contribution in [0, 0.1) is 5.82 Å². The van der Waals surface area contributed by atoms with Gasteiger partial charge >= 0.3 is 11.8 Å². The monoisotopic (exact) mass is 401 g/mol. The van der Waals surface area contributed by atoms with Crippen LogP contribution in [0.1, 0.15) is 24.5 Å². The number of nitrogens with zero attached hydrogens (tertiary/aromatic N) is 4. The van der Waals surface area contributed by atoms with Crippen LogP contribution in [0.15, 0.2) is 42.7 Å². The van der Waals surface area contributed by atoms with Crippen molar-refractivity contribution in [2.24, 2.45) is 0 Å². The van der Waals surface area contributed by atoms with Crippen molar-refractivity contribution < 1.29 is 14.0 Å². The van der Waals surface area contributed by atoms with Crippen LogP contribution in [0.25, 0.3) is 5.65 Å². The van der Waals surface area contributed by atoms with E-state index >= 15 is 0 Å². The lowest BCUT2D eigenvalue weighted by atomic mass is 9.93. The van der Waals surface area contributed by atoms with Crippen LogP contribution in [-0.4, -0.2) is 44.4 Å². The van der Waals surface area contributed by atoms with Crippen LogP contribution in [0.3, 0.4) is 0 Å². The van der Waals surface area contributed by atoms with Crippen LogP contribution >= 0.6 is 11.6 Å². The summed E-state index contributed by atoms with van der Waals surface area (Å²) in [4.78, 5) is 30.4. The second-order valence-electron chi connectivity index (χ2n) is 6.62. The Labute approximate surface area is 165 Å². The van der Waals surface area contributed by atoms with E-state index in [1.165, 1.54) is 17.0 Å². The first kappa shape index (κ1) is 18.4. The molecule has 0 aliphatic carbocycles. The molecule has 28 heavy (non-hydrogen) atoms. The molecule has 0 atom stereocenters. The maximum atomic E-state index is 13.8. The quantitative estimate of drug-likeness (QED) is 0.670. The van der Waals surface area contributed by atoms with Crippen molar-refractivity contribution in [3.05, 3.63) is 59.3 Å². The largest absolute Gasteiger partial charge is 0.334 e. The average Bonchev–Trinajstić information content (AvgIpc) is 3.18. The van der Waals surface area contributed by atoms with Crippen molar-refractivity contribution in [1.29, 1.82) is 0 Å². The molecule has 3 heterocycles. The van der Waals surface area contributed by atoms with E-state index in [2.05, 4.69) is 15.4 Å². The highest BCUT2D eigenvalue weighted by Crippen LogP contribution is 2.28. The van der Waals surface area contributed by atoms with E-state index in [1.54, 1.807) is 16.9 Å². The Balaban J connectivity index is 1.39. The summed E-state index contributed by atoms with van der Waals surface area (Å²) in [6, 6.07) is 7.62. The Bertz CT molecular complexity index is 1050. The van der Waals surface area contributed by atoms with E-state index in [1.807, 2.05) is 12.1 Å². The summed E-state index contributed by atoms with van der Waals surface area (Å²) in [5.74, 6) is -2.01. The van der Waals surface area contributed by atoms with Crippen LogP contribution in [0.5, 0.6) is 0 Å². The number of piperidine rings is 1. The van der Waals surface area contributed by atoms with Gasteiger partial charge in [-0.1, -0.05) is 11.6 Å². The molecular formula is C19H17ClFN5O2. The van der Waals surface area contributed by atoms with Gasteiger partial charge in [-0.05, 0) is 37.1 Å². The number of aromatic nitrogens is 3. The average molecular weight is 402 g/mol. The fourth-order valence-corrected chi connectivity index (χ4v) is 3.61. The normalized spacial score (nSPS) is 15.0. The minimum absolute atomic E-state index is 0.0736. The fourth-order valence-electron chi connectivity index (χ4n) is 3.45. The molecule has 9 heteroatoms. The smallest absolute Gasteiger partial charge is 0.313 e. The van der Waals surface area contributed by atoms with E-state index < -0.39 is 17.6 Å². The van der Waals surface area contributed by atoms with Gasteiger partial charge in [0.15, 0.2) is 5.65 Å². The maximum Gasteiger partial charge on any atom is 0.313 e. The zero-order valence-electron chi connectivity index (χ0n) is 14.8. The molecular weight excluding hydrogens is 385 g/mol. The summed E-state index contributed by atoms with van der Waals surface area (Å²) < 4.78 is 15.6. The number of rotatable bonds is 2. The summed E-state index contributed by atoms with van der Waals surface area (Å²) in [5, 5.41) is 6.83. The molecule has 1 saturated heterocycles. The highest BCUT2D eigenvalue weighted by molar-refractivity contribution is 6.39. The molecule has 1 fully saturated rings. The zero-order valence-corrected chi connectivity index (χ0v) is 15.6. The van der Waals surface area contributed by atoms with Gasteiger partial charge in [0.05, 0.1) is 11.9 Å². The van der Waals surface area contributed by atoms with Crippen molar-refractivity contribution in [1.82, 2.24) is 19.5 Å². The first-order valence-electron chi connectivity index (χ1n) is 8.87. The van der Waals surface area contributed by atoms with Crippen molar-refractivity contribution in [2.45, 2.75) is 18.8 Å². The summed E-state index contributed by atoms with van der Waals surface area (Å²) >= 11 is 5.69. The predicted octanol–water partition coefficient (Wildman–Crippen LogP) is 2.87. The lowest BCUT2D eigenvalue weighted by Crippen LogP contribution is -2.44. The minimum Gasteiger partial charge on any atom is -0.334 e. The molecule has 144 valence electrons. The number of carbonyl (C=O) groups is 2. The Hall–Kier alpha value is -3.00. The van der Waals surface area contributed by atoms with E-state index in [9.17, 15) is 14.0 Å². The number of nitrogens with one attached hydrogen (secondary N) is 1. The molecule has 4 rings (SSSR count). The van der Waals surface area contributed by atoms with Gasteiger partial charge < -0.3 is 10.2 Å². The van der Waals surface area contributed by atoms with Gasteiger partial charge in [-0.15, -0.1) is 0 Å². The molecule has 0 unspecified atom stereocenters. The second-order valence-corrected chi connectivity index (χ2v) is 7.05. The van der Waals surface area contributed by atoms with Gasteiger partial charge in [-0.3, -0.25) is 9.59 Å². The van der Waals surface area contributed by atoms with Gasteiger partial charge in [-0.25, -0.2) is 13.9 Å². The number of hydrogen-bond acceptors (Lipinski definition) is 4. The van der Waals surface area contributed by atoms with Crippen molar-refractivity contribution in [2.75, 3.05) is 18.4 Å². The summed E-state index contributed by atoms with van der Waals surface area (Å²) in [6.45, 7) is 0.871. The molecule has 0 spiro atoms. The third-order valence-corrected chi connectivity index (χ3v) is 5.13. The van der Waals surface area contributed by atoms with E-state index in [0.717, 1.165) is 17.4 Å². The number of carbonyl (C=O) groups excluding carboxylic acids is 2. The number of anilines is 1. The maximum absolute atomic E-state index is 13.8. The highest BCUT2D eigenvalue weighted by atomic mass is 35.5. The van der Waals surface area contributed by atoms with Crippen LogP contribution in [0.4, 0.5) is 10.1 Å². The van der Waals surface area contributed by atoms with Crippen LogP contribution < -0.4 is 5.32 Å². The number of amides is 2. The first-order valence-corrected chi connectivity index (χ1v) is 9.24. The molecule has 3 aromatic rings. The van der Waals surface area contributed by atoms with Crippen molar-refractivity contribution >= 4 is 34.7 Å². The first-order chi connectivity index (χ1) is 13.5. The molecule has 7 nitrogen and oxygen atoms in total. The Morgan fingerprint density at radius 2 is 1.93 bits per heavy atom. The van der Waals surface area contributed by atoms with Crippen molar-refractivity contribution in [3.8, 4) is 0 Å². The summed E-state index contributed by atoms with van der Waals surface area (Å²) in [7, 11) is 0. The molecule has 1 aliphatic rings. The highest BCUT2D eigenvalue weighted by Gasteiger charge is 2.29. The molecule has 0 radical (unpaired) electrons. The molecule has 2 aromatic heterocycles. The molecule has 0 saturated carbocycles. The number of halogens is 2. The van der Waals surface area contributed by atoms with Crippen LogP contribution in [-0.2, 0) is 9.59 Å². The summed E-state index contributed by atoms with van der Waals surface area (Å²) in [5.41, 5.74) is 1.74. The number of benzene rings is 1. The van der Waals surface area contributed by atoms with Crippen LogP contribution in [0.2, 0.25) is 5.02 Å². The third-order valence-electron chi connectivity index (χ3n) is 4.89. The van der Waals surface area contributed by atoms with E-state index in [-0.39, 0.29) is 16.6 Å². The molecule has 1 N–H and O–H groups in total. The van der Waals surface area contributed by atoms with Crippen molar-refractivity contribution in [3.63, 3.8) is 0 Å². The van der Waals surface area contributed by atoms with Gasteiger partial charge in [0, 0.05) is 42.0 Å². The number of fused-ring (bicyclic) bond motifs is 1. The standard InChI is InChI=1S/C19H17ClFN5O2/c20-13-1-2-15(14(21)11-13)24-18(27)19(28)25-9-5-12(6-10-25)16-3-7-22-17-4-8-23-26(16)17/h1-4,7-8,11-12H,5-6,9-10H2,(H,24,27). The zero-order chi connectivity index (χ0) is 19.7. The van der Waals surface area contributed by atoms with E-state index in [0.29, 0.717) is 25.9 Å². The van der Waals surface area contributed by atoms with Gasteiger partial charge in [0.25, 0.3) is 0 Å². The molecule has 0 bridgehead atoms. The Morgan fingerprint density at radius 1 is 1.14 bits per heavy atom. The Kier molecular flexibility index (Phi) is 4.95. The minimum atomic E-state index is -0.863. The lowest BCUT2D eigenvalue weighted by Gasteiger charge is -2.31. The van der Waals surface area contributed by atoms with Gasteiger partial charge in [0.2, 0.25) is 0 Å². The number of hydrogen-bond donors (Lipinski definition) is 1. The Morgan fingerprint density at radius 3 is 2.68 bits per heavy atom. The second kappa shape index (κ2) is 7.55. The van der Waals surface area contributed by atoms with E-state index in [4.69, 9.17) is 11.6 Å². The van der Waals surface area contributed by atoms with Gasteiger partial charge in [0.1, 0.15) is 5.82 Å². The summed E-state index contributed by atoms with van der Waals surface area (Å²) in [6.07, 6.45) is 4.85. The molecule has 1 aliphatic heterocycles. The lowest BCUT2D eigenvalue weighted by molar-refractivity contribution is -0.143. The topological polar surface area (TPSA) is 79.6 Å². The molecule has 1 aromatic carbocycles. The molecule has 2 amide bonds.